The summed E-state index contributed by atoms with van der Waals surface area (Å²) >= 11 is 0. The fourth-order valence-corrected chi connectivity index (χ4v) is 3.69. The normalized spacial score (nSPS) is 13.7. The van der Waals surface area contributed by atoms with E-state index in [1.165, 1.54) is 12.1 Å². The van der Waals surface area contributed by atoms with Gasteiger partial charge in [-0.25, -0.2) is 4.68 Å². The maximum absolute atomic E-state index is 12.5. The van der Waals surface area contributed by atoms with Crippen molar-refractivity contribution in [2.75, 3.05) is 26.1 Å². The summed E-state index contributed by atoms with van der Waals surface area (Å²) < 4.78 is 54.0. The average molecular weight is 433 g/mol. The number of anilines is 1. The summed E-state index contributed by atoms with van der Waals surface area (Å²) in [6, 6.07) is 11.2. The van der Waals surface area contributed by atoms with Gasteiger partial charge in [0, 0.05) is 23.7 Å². The number of ether oxygens (including phenoxy) is 3. The minimum absolute atomic E-state index is 0.278. The highest BCUT2D eigenvalue weighted by atomic mass is 19.4. The number of alkyl halides is 3. The van der Waals surface area contributed by atoms with E-state index in [4.69, 9.17) is 14.6 Å². The molecule has 0 bridgehead atoms. The van der Waals surface area contributed by atoms with Crippen molar-refractivity contribution < 1.29 is 27.4 Å². The van der Waals surface area contributed by atoms with E-state index in [2.05, 4.69) is 10.1 Å². The number of rotatable bonds is 5. The Morgan fingerprint density at radius 2 is 1.71 bits per heavy atom. The molecule has 0 aliphatic carbocycles. The molecule has 6 nitrogen and oxygen atoms in total. The van der Waals surface area contributed by atoms with Crippen LogP contribution in [0, 0.1) is 0 Å². The molecule has 0 spiro atoms. The van der Waals surface area contributed by atoms with Crippen molar-refractivity contribution in [2.24, 2.45) is 0 Å². The quantitative estimate of drug-likeness (QED) is 0.599. The summed E-state index contributed by atoms with van der Waals surface area (Å²) in [4.78, 5) is 0. The number of methoxy groups -OCH3 is 2. The molecule has 3 aromatic rings. The van der Waals surface area contributed by atoms with E-state index in [-0.39, 0.29) is 5.75 Å². The monoisotopic (exact) mass is 433 g/mol. The van der Waals surface area contributed by atoms with Crippen molar-refractivity contribution >= 4 is 5.82 Å². The minimum atomic E-state index is -4.73. The third kappa shape index (κ3) is 4.40. The number of hydrogen-bond donors (Lipinski definition) is 1. The molecule has 0 amide bonds. The van der Waals surface area contributed by atoms with E-state index < -0.39 is 6.36 Å². The molecule has 31 heavy (non-hydrogen) atoms. The molecular formula is C22H22F3N3O3. The first kappa shape index (κ1) is 20.9. The van der Waals surface area contributed by atoms with E-state index in [1.807, 2.05) is 12.1 Å². The van der Waals surface area contributed by atoms with E-state index >= 15 is 0 Å². The van der Waals surface area contributed by atoms with Crippen LogP contribution in [0.3, 0.4) is 0 Å². The van der Waals surface area contributed by atoms with Crippen LogP contribution in [0.4, 0.5) is 19.0 Å². The number of halogens is 3. The Morgan fingerprint density at radius 1 is 0.968 bits per heavy atom. The third-order valence-electron chi connectivity index (χ3n) is 5.11. The van der Waals surface area contributed by atoms with Gasteiger partial charge in [0.15, 0.2) is 0 Å². The number of fused-ring (bicyclic) bond motifs is 1. The molecule has 0 fully saturated rings. The summed E-state index contributed by atoms with van der Waals surface area (Å²) in [6.45, 7) is 0.785. The molecule has 9 heteroatoms. The zero-order chi connectivity index (χ0) is 22.0. The lowest BCUT2D eigenvalue weighted by Crippen LogP contribution is -2.17. The fourth-order valence-electron chi connectivity index (χ4n) is 3.69. The fraction of sp³-hybridized carbons (Fsp3) is 0.318. The number of aromatic nitrogens is 2. The molecular weight excluding hydrogens is 411 g/mol. The van der Waals surface area contributed by atoms with Crippen LogP contribution >= 0.6 is 0 Å². The number of benzene rings is 2. The molecule has 2 heterocycles. The van der Waals surface area contributed by atoms with Crippen LogP contribution in [0.15, 0.2) is 42.5 Å². The van der Waals surface area contributed by atoms with Gasteiger partial charge in [-0.2, -0.15) is 5.10 Å². The predicted molar refractivity (Wildman–Crippen MR) is 110 cm³/mol. The molecule has 0 atom stereocenters. The van der Waals surface area contributed by atoms with Crippen LogP contribution in [-0.4, -0.2) is 36.9 Å². The average Bonchev–Trinajstić information content (AvgIpc) is 2.93. The van der Waals surface area contributed by atoms with Crippen LogP contribution < -0.4 is 19.5 Å². The van der Waals surface area contributed by atoms with Gasteiger partial charge in [-0.15, -0.1) is 13.2 Å². The molecule has 1 aliphatic heterocycles. The Bertz CT molecular complexity index is 1060. The summed E-state index contributed by atoms with van der Waals surface area (Å²) in [6.07, 6.45) is -1.91. The molecule has 0 radical (unpaired) electrons. The van der Waals surface area contributed by atoms with Crippen molar-refractivity contribution in [3.63, 3.8) is 0 Å². The predicted octanol–water partition coefficient (Wildman–Crippen LogP) is 5.20. The van der Waals surface area contributed by atoms with Gasteiger partial charge >= 0.3 is 6.36 Å². The van der Waals surface area contributed by atoms with Crippen LogP contribution in [0.1, 0.15) is 18.4 Å². The SMILES string of the molecule is COc1ccc(-c2nn(-c3ccc(OC(F)(F)F)cc3)c3c2CCCCN3)c(OC)c1. The first-order valence-electron chi connectivity index (χ1n) is 9.84. The van der Waals surface area contributed by atoms with Crippen LogP contribution in [-0.2, 0) is 6.42 Å². The van der Waals surface area contributed by atoms with E-state index in [1.54, 1.807) is 37.1 Å². The van der Waals surface area contributed by atoms with Gasteiger partial charge in [-0.05, 0) is 55.7 Å². The standard InChI is InChI=1S/C22H22F3N3O3/c1-29-16-10-11-17(19(13-16)30-2)20-18-5-3-4-12-26-21(18)28(27-20)14-6-8-15(9-7-14)31-22(23,24)25/h6-11,13,26H,3-5,12H2,1-2H3. The van der Waals surface area contributed by atoms with Crippen molar-refractivity contribution in [3.8, 4) is 34.2 Å². The molecule has 0 unspecified atom stereocenters. The third-order valence-corrected chi connectivity index (χ3v) is 5.11. The molecule has 2 aromatic carbocycles. The second kappa shape index (κ2) is 8.41. The van der Waals surface area contributed by atoms with Gasteiger partial charge in [0.1, 0.15) is 28.8 Å². The van der Waals surface area contributed by atoms with Crippen molar-refractivity contribution in [1.29, 1.82) is 0 Å². The highest BCUT2D eigenvalue weighted by Crippen LogP contribution is 2.39. The van der Waals surface area contributed by atoms with Crippen molar-refractivity contribution in [1.82, 2.24) is 9.78 Å². The Hall–Kier alpha value is -3.36. The smallest absolute Gasteiger partial charge is 0.497 e. The lowest BCUT2D eigenvalue weighted by Gasteiger charge is -2.11. The van der Waals surface area contributed by atoms with Crippen LogP contribution in [0.25, 0.3) is 16.9 Å². The molecule has 0 saturated heterocycles. The minimum Gasteiger partial charge on any atom is -0.497 e. The molecule has 1 N–H and O–H groups in total. The van der Waals surface area contributed by atoms with Gasteiger partial charge in [0.05, 0.1) is 19.9 Å². The van der Waals surface area contributed by atoms with Gasteiger partial charge in [-0.1, -0.05) is 0 Å². The Labute approximate surface area is 177 Å². The molecule has 0 saturated carbocycles. The van der Waals surface area contributed by atoms with Gasteiger partial charge < -0.3 is 19.5 Å². The Morgan fingerprint density at radius 3 is 2.39 bits per heavy atom. The van der Waals surface area contributed by atoms with E-state index in [9.17, 15) is 13.2 Å². The summed E-state index contributed by atoms with van der Waals surface area (Å²) in [5.74, 6) is 1.85. The van der Waals surface area contributed by atoms with Gasteiger partial charge in [0.25, 0.3) is 0 Å². The molecule has 1 aromatic heterocycles. The van der Waals surface area contributed by atoms with Gasteiger partial charge in [0.2, 0.25) is 0 Å². The van der Waals surface area contributed by atoms with Crippen LogP contribution in [0.5, 0.6) is 17.2 Å². The highest BCUT2D eigenvalue weighted by molar-refractivity contribution is 5.76. The van der Waals surface area contributed by atoms with Crippen LogP contribution in [0.2, 0.25) is 0 Å². The molecule has 1 aliphatic rings. The number of nitrogens with zero attached hydrogens (tertiary/aromatic N) is 2. The highest BCUT2D eigenvalue weighted by Gasteiger charge is 2.31. The van der Waals surface area contributed by atoms with E-state index in [0.29, 0.717) is 17.2 Å². The summed E-state index contributed by atoms with van der Waals surface area (Å²) in [5, 5.41) is 8.23. The largest absolute Gasteiger partial charge is 0.573 e. The first-order chi connectivity index (χ1) is 14.9. The number of nitrogens with one attached hydrogen (secondary N) is 1. The molecule has 164 valence electrons. The van der Waals surface area contributed by atoms with E-state index in [0.717, 1.165) is 48.4 Å². The molecule has 4 rings (SSSR count). The lowest BCUT2D eigenvalue weighted by atomic mass is 10.0. The zero-order valence-corrected chi connectivity index (χ0v) is 17.1. The lowest BCUT2D eigenvalue weighted by molar-refractivity contribution is -0.274. The van der Waals surface area contributed by atoms with Crippen molar-refractivity contribution in [3.05, 3.63) is 48.0 Å². The second-order valence-electron chi connectivity index (χ2n) is 7.08. The topological polar surface area (TPSA) is 57.5 Å². The summed E-state index contributed by atoms with van der Waals surface area (Å²) in [5.41, 5.74) is 3.24. The second-order valence-corrected chi connectivity index (χ2v) is 7.08. The maximum Gasteiger partial charge on any atom is 0.573 e. The van der Waals surface area contributed by atoms with Gasteiger partial charge in [-0.3, -0.25) is 0 Å². The Balaban J connectivity index is 1.80. The van der Waals surface area contributed by atoms with Crippen molar-refractivity contribution in [2.45, 2.75) is 25.6 Å². The Kier molecular flexibility index (Phi) is 5.67. The maximum atomic E-state index is 12.5. The summed E-state index contributed by atoms with van der Waals surface area (Å²) in [7, 11) is 3.18. The zero-order valence-electron chi connectivity index (χ0n) is 17.1. The number of hydrogen-bond acceptors (Lipinski definition) is 5. The first-order valence-corrected chi connectivity index (χ1v) is 9.84.